The van der Waals surface area contributed by atoms with Gasteiger partial charge in [-0.1, -0.05) is 6.92 Å². The molecule has 1 saturated heterocycles. The van der Waals surface area contributed by atoms with Crippen molar-refractivity contribution >= 4 is 12.0 Å². The van der Waals surface area contributed by atoms with Crippen molar-refractivity contribution in [1.29, 1.82) is 0 Å². The lowest BCUT2D eigenvalue weighted by atomic mass is 10.2. The lowest BCUT2D eigenvalue weighted by Crippen LogP contribution is -2.47. The van der Waals surface area contributed by atoms with E-state index in [4.69, 9.17) is 4.74 Å². The first-order valence-electron chi connectivity index (χ1n) is 6.62. The second-order valence-corrected chi connectivity index (χ2v) is 5.62. The van der Waals surface area contributed by atoms with Crippen molar-refractivity contribution in [2.45, 2.75) is 58.6 Å². The zero-order valence-electron chi connectivity index (χ0n) is 11.8. The van der Waals surface area contributed by atoms with Crippen LogP contribution in [0.4, 0.5) is 4.79 Å². The van der Waals surface area contributed by atoms with Crippen LogP contribution in [0.15, 0.2) is 0 Å². The Labute approximate surface area is 109 Å². The van der Waals surface area contributed by atoms with Crippen LogP contribution in [0, 0.1) is 0 Å². The summed E-state index contributed by atoms with van der Waals surface area (Å²) in [7, 11) is 0. The van der Waals surface area contributed by atoms with Crippen LogP contribution in [0.25, 0.3) is 0 Å². The molecule has 2 amide bonds. The maximum atomic E-state index is 12.0. The van der Waals surface area contributed by atoms with Gasteiger partial charge in [0.25, 0.3) is 0 Å². The lowest BCUT2D eigenvalue weighted by Gasteiger charge is -2.28. The van der Waals surface area contributed by atoms with Gasteiger partial charge >= 0.3 is 6.09 Å². The van der Waals surface area contributed by atoms with Gasteiger partial charge in [-0.15, -0.1) is 0 Å². The summed E-state index contributed by atoms with van der Waals surface area (Å²) in [5.74, 6) is -0.0693. The van der Waals surface area contributed by atoms with E-state index in [1.165, 1.54) is 4.90 Å². The molecular weight excluding hydrogens is 232 g/mol. The minimum Gasteiger partial charge on any atom is -0.444 e. The van der Waals surface area contributed by atoms with E-state index in [0.29, 0.717) is 13.1 Å². The van der Waals surface area contributed by atoms with Crippen LogP contribution in [0.1, 0.15) is 47.0 Å². The quantitative estimate of drug-likeness (QED) is 0.839. The van der Waals surface area contributed by atoms with Gasteiger partial charge in [-0.25, -0.2) is 4.79 Å². The van der Waals surface area contributed by atoms with Crippen LogP contribution in [0.5, 0.6) is 0 Å². The van der Waals surface area contributed by atoms with E-state index in [2.05, 4.69) is 5.32 Å². The Balaban J connectivity index is 2.59. The van der Waals surface area contributed by atoms with Gasteiger partial charge in [-0.05, 0) is 40.0 Å². The SMILES string of the molecule is CCCNC(=O)C1CCCN1C(=O)OC(C)(C)C. The summed E-state index contributed by atoms with van der Waals surface area (Å²) >= 11 is 0. The molecule has 0 saturated carbocycles. The highest BCUT2D eigenvalue weighted by molar-refractivity contribution is 5.86. The van der Waals surface area contributed by atoms with Crippen LogP contribution in [0.2, 0.25) is 0 Å². The Kier molecular flexibility index (Phi) is 4.99. The number of nitrogens with one attached hydrogen (secondary N) is 1. The number of carbonyl (C=O) groups excluding carboxylic acids is 2. The highest BCUT2D eigenvalue weighted by atomic mass is 16.6. The van der Waals surface area contributed by atoms with E-state index in [-0.39, 0.29) is 11.9 Å². The van der Waals surface area contributed by atoms with Crippen molar-refractivity contribution in [3.63, 3.8) is 0 Å². The molecular formula is C13H24N2O3. The first kappa shape index (κ1) is 14.8. The molecule has 1 N–H and O–H groups in total. The number of ether oxygens (including phenoxy) is 1. The Hall–Kier alpha value is -1.26. The molecule has 0 aromatic rings. The van der Waals surface area contributed by atoms with E-state index >= 15 is 0 Å². The molecule has 0 spiro atoms. The first-order valence-corrected chi connectivity index (χ1v) is 6.62. The molecule has 0 aliphatic carbocycles. The molecule has 1 fully saturated rings. The molecule has 1 unspecified atom stereocenters. The molecule has 5 nitrogen and oxygen atoms in total. The summed E-state index contributed by atoms with van der Waals surface area (Å²) in [6.07, 6.45) is 2.07. The molecule has 1 aliphatic heterocycles. The molecule has 1 aliphatic rings. The van der Waals surface area contributed by atoms with Gasteiger partial charge in [-0.3, -0.25) is 9.69 Å². The van der Waals surface area contributed by atoms with E-state index < -0.39 is 11.7 Å². The van der Waals surface area contributed by atoms with E-state index in [0.717, 1.165) is 19.3 Å². The number of likely N-dealkylation sites (tertiary alicyclic amines) is 1. The van der Waals surface area contributed by atoms with Gasteiger partial charge in [-0.2, -0.15) is 0 Å². The number of carbonyl (C=O) groups is 2. The summed E-state index contributed by atoms with van der Waals surface area (Å²) in [5.41, 5.74) is -0.524. The third kappa shape index (κ3) is 4.20. The van der Waals surface area contributed by atoms with Gasteiger partial charge in [0, 0.05) is 13.1 Å². The summed E-state index contributed by atoms with van der Waals surface area (Å²) < 4.78 is 5.31. The lowest BCUT2D eigenvalue weighted by molar-refractivity contribution is -0.125. The number of amides is 2. The third-order valence-electron chi connectivity index (χ3n) is 2.73. The van der Waals surface area contributed by atoms with Crippen molar-refractivity contribution in [3.8, 4) is 0 Å². The summed E-state index contributed by atoms with van der Waals surface area (Å²) in [5, 5.41) is 2.83. The van der Waals surface area contributed by atoms with Gasteiger partial charge in [0.05, 0.1) is 0 Å². The molecule has 18 heavy (non-hydrogen) atoms. The van der Waals surface area contributed by atoms with Gasteiger partial charge < -0.3 is 10.1 Å². The van der Waals surface area contributed by atoms with Crippen molar-refractivity contribution in [3.05, 3.63) is 0 Å². The van der Waals surface area contributed by atoms with Crippen molar-refractivity contribution in [1.82, 2.24) is 10.2 Å². The molecule has 1 heterocycles. The average molecular weight is 256 g/mol. The summed E-state index contributed by atoms with van der Waals surface area (Å²) in [4.78, 5) is 25.4. The maximum absolute atomic E-state index is 12.0. The number of hydrogen-bond donors (Lipinski definition) is 1. The number of hydrogen-bond acceptors (Lipinski definition) is 3. The summed E-state index contributed by atoms with van der Waals surface area (Å²) in [6.45, 7) is 8.73. The number of rotatable bonds is 3. The predicted molar refractivity (Wildman–Crippen MR) is 69.3 cm³/mol. The molecule has 1 atom stereocenters. The van der Waals surface area contributed by atoms with E-state index in [1.807, 2.05) is 27.7 Å². The van der Waals surface area contributed by atoms with E-state index in [9.17, 15) is 9.59 Å². The fourth-order valence-corrected chi connectivity index (χ4v) is 1.94. The van der Waals surface area contributed by atoms with Gasteiger partial charge in [0.2, 0.25) is 5.91 Å². The second-order valence-electron chi connectivity index (χ2n) is 5.62. The largest absolute Gasteiger partial charge is 0.444 e. The minimum atomic E-state index is -0.524. The monoisotopic (exact) mass is 256 g/mol. The molecule has 0 bridgehead atoms. The highest BCUT2D eigenvalue weighted by Crippen LogP contribution is 2.20. The van der Waals surface area contributed by atoms with Crippen LogP contribution < -0.4 is 5.32 Å². The number of nitrogens with zero attached hydrogens (tertiary/aromatic N) is 1. The Morgan fingerprint density at radius 2 is 2.06 bits per heavy atom. The topological polar surface area (TPSA) is 58.6 Å². The maximum Gasteiger partial charge on any atom is 0.410 e. The van der Waals surface area contributed by atoms with Crippen molar-refractivity contribution in [2.75, 3.05) is 13.1 Å². The van der Waals surface area contributed by atoms with Crippen LogP contribution in [-0.4, -0.2) is 41.6 Å². The molecule has 5 heteroatoms. The molecule has 0 aromatic carbocycles. The zero-order chi connectivity index (χ0) is 13.8. The average Bonchev–Trinajstić information content (AvgIpc) is 2.72. The molecule has 0 radical (unpaired) electrons. The zero-order valence-corrected chi connectivity index (χ0v) is 11.8. The Bertz CT molecular complexity index is 310. The van der Waals surface area contributed by atoms with Crippen molar-refractivity contribution < 1.29 is 14.3 Å². The fraction of sp³-hybridized carbons (Fsp3) is 0.846. The van der Waals surface area contributed by atoms with Gasteiger partial charge in [0.15, 0.2) is 0 Å². The normalized spacial score (nSPS) is 19.8. The second kappa shape index (κ2) is 6.07. The molecule has 0 aromatic heterocycles. The smallest absolute Gasteiger partial charge is 0.410 e. The van der Waals surface area contributed by atoms with Crippen LogP contribution in [0.3, 0.4) is 0 Å². The Morgan fingerprint density at radius 1 is 1.39 bits per heavy atom. The molecule has 104 valence electrons. The summed E-state index contributed by atoms with van der Waals surface area (Å²) in [6, 6.07) is -0.369. The van der Waals surface area contributed by atoms with E-state index in [1.54, 1.807) is 0 Å². The van der Waals surface area contributed by atoms with Crippen molar-refractivity contribution in [2.24, 2.45) is 0 Å². The first-order chi connectivity index (χ1) is 8.35. The van der Waals surface area contributed by atoms with Crippen LogP contribution in [-0.2, 0) is 9.53 Å². The third-order valence-corrected chi connectivity index (χ3v) is 2.73. The highest BCUT2D eigenvalue weighted by Gasteiger charge is 2.36. The van der Waals surface area contributed by atoms with Gasteiger partial charge in [0.1, 0.15) is 11.6 Å². The Morgan fingerprint density at radius 3 is 2.61 bits per heavy atom. The fourth-order valence-electron chi connectivity index (χ4n) is 1.94. The predicted octanol–water partition coefficient (Wildman–Crippen LogP) is 1.91. The minimum absolute atomic E-state index is 0.0693. The van der Waals surface area contributed by atoms with Crippen LogP contribution >= 0.6 is 0 Å². The molecule has 1 rings (SSSR count). The standard InChI is InChI=1S/C13H24N2O3/c1-5-8-14-11(16)10-7-6-9-15(10)12(17)18-13(2,3)4/h10H,5-9H2,1-4H3,(H,14,16).